The van der Waals surface area contributed by atoms with Crippen molar-refractivity contribution in [3.63, 3.8) is 0 Å². The van der Waals surface area contributed by atoms with Gasteiger partial charge in [-0.05, 0) is 48.4 Å². The van der Waals surface area contributed by atoms with Gasteiger partial charge in [-0.1, -0.05) is 31.2 Å². The van der Waals surface area contributed by atoms with Gasteiger partial charge in [0.05, 0.1) is 7.11 Å². The number of benzene rings is 3. The molecule has 146 valence electrons. The van der Waals surface area contributed by atoms with Crippen LogP contribution in [0.15, 0.2) is 66.7 Å². The Balaban J connectivity index is 2.05. The molecule has 3 rings (SSSR count). The SMILES string of the molecule is CCc1ccc(OS(=O)(=O)O)c(-c2ccc(Nc3ccccc3)cc2OC)c1. The molecular weight excluding hydrogens is 378 g/mol. The average Bonchev–Trinajstić information content (AvgIpc) is 2.68. The fourth-order valence-electron chi connectivity index (χ4n) is 2.87. The maximum Gasteiger partial charge on any atom is 0.446 e. The minimum Gasteiger partial charge on any atom is -0.496 e. The first-order valence-electron chi connectivity index (χ1n) is 8.70. The third-order valence-corrected chi connectivity index (χ3v) is 4.59. The Kier molecular flexibility index (Phi) is 5.87. The number of nitrogens with one attached hydrogen (secondary N) is 1. The number of anilines is 2. The molecule has 0 amide bonds. The summed E-state index contributed by atoms with van der Waals surface area (Å²) in [6, 6.07) is 20.3. The van der Waals surface area contributed by atoms with E-state index in [0.717, 1.165) is 23.4 Å². The van der Waals surface area contributed by atoms with Gasteiger partial charge in [0.15, 0.2) is 5.75 Å². The van der Waals surface area contributed by atoms with Crippen LogP contribution in [0.1, 0.15) is 12.5 Å². The summed E-state index contributed by atoms with van der Waals surface area (Å²) in [6.07, 6.45) is 0.759. The topological polar surface area (TPSA) is 84.9 Å². The molecule has 0 aliphatic heterocycles. The molecule has 0 heterocycles. The smallest absolute Gasteiger partial charge is 0.446 e. The Morgan fingerprint density at radius 1 is 0.893 bits per heavy atom. The van der Waals surface area contributed by atoms with Crippen LogP contribution in [0.3, 0.4) is 0 Å². The summed E-state index contributed by atoms with van der Waals surface area (Å²) < 4.78 is 41.9. The van der Waals surface area contributed by atoms with E-state index in [4.69, 9.17) is 13.5 Å². The molecule has 0 bridgehead atoms. The van der Waals surface area contributed by atoms with Crippen molar-refractivity contribution in [1.29, 1.82) is 0 Å². The molecule has 2 N–H and O–H groups in total. The summed E-state index contributed by atoms with van der Waals surface area (Å²) in [4.78, 5) is 0. The van der Waals surface area contributed by atoms with E-state index in [1.165, 1.54) is 13.2 Å². The number of para-hydroxylation sites is 1. The number of hydrogen-bond donors (Lipinski definition) is 2. The maximum absolute atomic E-state index is 11.2. The van der Waals surface area contributed by atoms with Crippen LogP contribution in [0, 0.1) is 0 Å². The highest BCUT2D eigenvalue weighted by Gasteiger charge is 2.17. The Hall–Kier alpha value is -3.03. The summed E-state index contributed by atoms with van der Waals surface area (Å²) >= 11 is 0. The van der Waals surface area contributed by atoms with Crippen molar-refractivity contribution in [2.45, 2.75) is 13.3 Å². The average molecular weight is 399 g/mol. The Morgan fingerprint density at radius 2 is 1.64 bits per heavy atom. The Morgan fingerprint density at radius 3 is 2.29 bits per heavy atom. The third kappa shape index (κ3) is 4.82. The molecule has 0 aliphatic rings. The van der Waals surface area contributed by atoms with Gasteiger partial charge in [-0.3, -0.25) is 4.55 Å². The van der Waals surface area contributed by atoms with Crippen LogP contribution in [-0.4, -0.2) is 20.1 Å². The van der Waals surface area contributed by atoms with Crippen LogP contribution in [-0.2, 0) is 16.8 Å². The second-order valence-electron chi connectivity index (χ2n) is 6.10. The second-order valence-corrected chi connectivity index (χ2v) is 7.12. The first kappa shape index (κ1) is 19.7. The van der Waals surface area contributed by atoms with Crippen LogP contribution < -0.4 is 14.2 Å². The first-order valence-corrected chi connectivity index (χ1v) is 10.1. The number of ether oxygens (including phenoxy) is 1. The molecule has 0 atom stereocenters. The van der Waals surface area contributed by atoms with Crippen molar-refractivity contribution >= 4 is 21.8 Å². The predicted octanol–water partition coefficient (Wildman–Crippen LogP) is 4.85. The van der Waals surface area contributed by atoms with E-state index in [1.54, 1.807) is 6.07 Å². The first-order chi connectivity index (χ1) is 13.4. The zero-order chi connectivity index (χ0) is 20.1. The zero-order valence-electron chi connectivity index (χ0n) is 15.5. The molecule has 0 unspecified atom stereocenters. The van der Waals surface area contributed by atoms with E-state index in [2.05, 4.69) is 5.32 Å². The van der Waals surface area contributed by atoms with E-state index in [1.807, 2.05) is 61.5 Å². The van der Waals surface area contributed by atoms with Gasteiger partial charge in [-0.2, -0.15) is 8.42 Å². The lowest BCUT2D eigenvalue weighted by Gasteiger charge is -2.15. The molecule has 0 aromatic heterocycles. The zero-order valence-corrected chi connectivity index (χ0v) is 16.4. The highest BCUT2D eigenvalue weighted by atomic mass is 32.3. The molecule has 0 fully saturated rings. The van der Waals surface area contributed by atoms with E-state index in [0.29, 0.717) is 16.9 Å². The van der Waals surface area contributed by atoms with Gasteiger partial charge in [-0.15, -0.1) is 0 Å². The largest absolute Gasteiger partial charge is 0.496 e. The molecule has 0 radical (unpaired) electrons. The minimum absolute atomic E-state index is 0.0294. The van der Waals surface area contributed by atoms with E-state index in [-0.39, 0.29) is 5.75 Å². The Labute approximate surface area is 164 Å². The quantitative estimate of drug-likeness (QED) is 0.553. The molecule has 3 aromatic carbocycles. The van der Waals surface area contributed by atoms with Crippen LogP contribution in [0.5, 0.6) is 11.5 Å². The molecule has 6 nitrogen and oxygen atoms in total. The standard InChI is InChI=1S/C21H21NO5S/c1-3-15-9-12-20(27-28(23,24)25)19(13-15)18-11-10-17(14-21(18)26-2)22-16-7-5-4-6-8-16/h4-14,22H,3H2,1-2H3,(H,23,24,25). The fourth-order valence-corrected chi connectivity index (χ4v) is 3.25. The summed E-state index contributed by atoms with van der Waals surface area (Å²) in [5, 5.41) is 3.29. The monoisotopic (exact) mass is 399 g/mol. The number of methoxy groups -OCH3 is 1. The van der Waals surface area contributed by atoms with Gasteiger partial charge in [0, 0.05) is 28.6 Å². The summed E-state index contributed by atoms with van der Waals surface area (Å²) in [5.41, 5.74) is 3.90. The lowest BCUT2D eigenvalue weighted by Crippen LogP contribution is -2.08. The van der Waals surface area contributed by atoms with Crippen molar-refractivity contribution < 1.29 is 21.9 Å². The highest BCUT2D eigenvalue weighted by molar-refractivity contribution is 7.81. The second kappa shape index (κ2) is 8.33. The van der Waals surface area contributed by atoms with Gasteiger partial charge < -0.3 is 14.2 Å². The fraction of sp³-hybridized carbons (Fsp3) is 0.143. The van der Waals surface area contributed by atoms with Crippen LogP contribution in [0.4, 0.5) is 11.4 Å². The molecule has 0 spiro atoms. The lowest BCUT2D eigenvalue weighted by molar-refractivity contribution is 0.387. The van der Waals surface area contributed by atoms with Gasteiger partial charge in [-0.25, -0.2) is 0 Å². The van der Waals surface area contributed by atoms with Crippen LogP contribution in [0.25, 0.3) is 11.1 Å². The van der Waals surface area contributed by atoms with Crippen LogP contribution in [0.2, 0.25) is 0 Å². The van der Waals surface area contributed by atoms with Crippen LogP contribution >= 0.6 is 0 Å². The summed E-state index contributed by atoms with van der Waals surface area (Å²) in [6.45, 7) is 1.99. The number of rotatable bonds is 7. The lowest BCUT2D eigenvalue weighted by atomic mass is 9.99. The van der Waals surface area contributed by atoms with Gasteiger partial charge in [0.2, 0.25) is 0 Å². The molecule has 7 heteroatoms. The number of hydrogen-bond acceptors (Lipinski definition) is 5. The van der Waals surface area contributed by atoms with Crippen molar-refractivity contribution in [1.82, 2.24) is 0 Å². The molecule has 3 aromatic rings. The molecule has 0 saturated heterocycles. The Bertz CT molecular complexity index is 1070. The summed E-state index contributed by atoms with van der Waals surface area (Å²) in [5.74, 6) is 0.566. The van der Waals surface area contributed by atoms with Gasteiger partial charge in [0.1, 0.15) is 5.75 Å². The minimum atomic E-state index is -4.65. The van der Waals surface area contributed by atoms with Gasteiger partial charge in [0.25, 0.3) is 0 Å². The molecule has 0 aliphatic carbocycles. The highest BCUT2D eigenvalue weighted by Crippen LogP contribution is 2.39. The van der Waals surface area contributed by atoms with E-state index in [9.17, 15) is 8.42 Å². The number of aryl methyl sites for hydroxylation is 1. The molecule has 28 heavy (non-hydrogen) atoms. The van der Waals surface area contributed by atoms with Crippen molar-refractivity contribution in [3.05, 3.63) is 72.3 Å². The van der Waals surface area contributed by atoms with Gasteiger partial charge >= 0.3 is 10.4 Å². The van der Waals surface area contributed by atoms with E-state index < -0.39 is 10.4 Å². The van der Waals surface area contributed by atoms with Crippen molar-refractivity contribution in [2.24, 2.45) is 0 Å². The maximum atomic E-state index is 11.2. The molecular formula is C21H21NO5S. The predicted molar refractivity (Wildman–Crippen MR) is 110 cm³/mol. The third-order valence-electron chi connectivity index (χ3n) is 4.20. The summed E-state index contributed by atoms with van der Waals surface area (Å²) in [7, 11) is -3.11. The molecule has 0 saturated carbocycles. The van der Waals surface area contributed by atoms with E-state index >= 15 is 0 Å². The van der Waals surface area contributed by atoms with Crippen molar-refractivity contribution in [3.8, 4) is 22.6 Å². The normalized spacial score (nSPS) is 11.1. The van der Waals surface area contributed by atoms with Crippen molar-refractivity contribution in [2.75, 3.05) is 12.4 Å².